The van der Waals surface area contributed by atoms with Crippen LogP contribution in [-0.2, 0) is 28.6 Å². The van der Waals surface area contributed by atoms with E-state index in [4.69, 9.17) is 14.2 Å². The van der Waals surface area contributed by atoms with Gasteiger partial charge in [-0.05, 0) is 96.3 Å². The van der Waals surface area contributed by atoms with Gasteiger partial charge in [0.1, 0.15) is 13.2 Å². The highest BCUT2D eigenvalue weighted by atomic mass is 16.6. The van der Waals surface area contributed by atoms with Crippen molar-refractivity contribution in [3.05, 3.63) is 97.2 Å². The first-order valence-corrected chi connectivity index (χ1v) is 28.7. The van der Waals surface area contributed by atoms with Gasteiger partial charge in [0.25, 0.3) is 0 Å². The van der Waals surface area contributed by atoms with E-state index in [1.807, 2.05) is 0 Å². The normalized spacial score (nSPS) is 12.8. The Morgan fingerprint density at radius 3 is 0.971 bits per heavy atom. The molecule has 0 aliphatic carbocycles. The second-order valence-corrected chi connectivity index (χ2v) is 18.8. The predicted molar refractivity (Wildman–Crippen MR) is 297 cm³/mol. The Labute approximate surface area is 426 Å². The van der Waals surface area contributed by atoms with Crippen LogP contribution < -0.4 is 0 Å². The molecule has 1 unspecified atom stereocenters. The maximum absolute atomic E-state index is 12.8. The Hall–Kier alpha value is -3.67. The molecule has 0 bridgehead atoms. The number of rotatable bonds is 51. The van der Waals surface area contributed by atoms with Crippen molar-refractivity contribution in [1.82, 2.24) is 0 Å². The number of esters is 3. The Morgan fingerprint density at radius 1 is 0.304 bits per heavy atom. The lowest BCUT2D eigenvalue weighted by atomic mass is 10.0. The molecule has 0 rings (SSSR count). The van der Waals surface area contributed by atoms with Gasteiger partial charge in [-0.2, -0.15) is 0 Å². The summed E-state index contributed by atoms with van der Waals surface area (Å²) in [7, 11) is 0. The monoisotopic (exact) mass is 959 g/mol. The van der Waals surface area contributed by atoms with Gasteiger partial charge < -0.3 is 14.2 Å². The van der Waals surface area contributed by atoms with Crippen molar-refractivity contribution >= 4 is 17.9 Å². The Bertz CT molecular complexity index is 1380. The Kier molecular flexibility index (Phi) is 53.9. The van der Waals surface area contributed by atoms with Crippen molar-refractivity contribution in [2.45, 2.75) is 271 Å². The van der Waals surface area contributed by atoms with Crippen molar-refractivity contribution < 1.29 is 28.6 Å². The van der Waals surface area contributed by atoms with E-state index < -0.39 is 6.10 Å². The highest BCUT2D eigenvalue weighted by Gasteiger charge is 2.19. The molecule has 0 fully saturated rings. The largest absolute Gasteiger partial charge is 0.462 e. The lowest BCUT2D eigenvalue weighted by Gasteiger charge is -2.18. The van der Waals surface area contributed by atoms with E-state index >= 15 is 0 Å². The van der Waals surface area contributed by atoms with Gasteiger partial charge in [-0.25, -0.2) is 0 Å². The zero-order valence-electron chi connectivity index (χ0n) is 45.0. The number of ether oxygens (including phenoxy) is 3. The highest BCUT2D eigenvalue weighted by Crippen LogP contribution is 2.15. The summed E-state index contributed by atoms with van der Waals surface area (Å²) >= 11 is 0. The summed E-state index contributed by atoms with van der Waals surface area (Å²) in [5.41, 5.74) is 0. The van der Waals surface area contributed by atoms with E-state index in [1.54, 1.807) is 0 Å². The number of unbranched alkanes of at least 4 members (excludes halogenated alkanes) is 24. The first-order chi connectivity index (χ1) is 34.0. The van der Waals surface area contributed by atoms with E-state index in [2.05, 4.69) is 118 Å². The zero-order chi connectivity index (χ0) is 50.0. The molecule has 0 aromatic rings. The molecule has 0 spiro atoms. The average molecular weight is 960 g/mol. The minimum atomic E-state index is -0.803. The number of carbonyl (C=O) groups is 3. The third-order valence-electron chi connectivity index (χ3n) is 12.1. The van der Waals surface area contributed by atoms with Gasteiger partial charge >= 0.3 is 17.9 Å². The van der Waals surface area contributed by atoms with Gasteiger partial charge in [0, 0.05) is 19.3 Å². The van der Waals surface area contributed by atoms with Crippen molar-refractivity contribution in [3.63, 3.8) is 0 Å². The van der Waals surface area contributed by atoms with Crippen LogP contribution >= 0.6 is 0 Å². The van der Waals surface area contributed by atoms with Crippen LogP contribution in [0.25, 0.3) is 0 Å². The van der Waals surface area contributed by atoms with Crippen molar-refractivity contribution in [2.24, 2.45) is 0 Å². The molecule has 0 heterocycles. The maximum Gasteiger partial charge on any atom is 0.306 e. The fourth-order valence-corrected chi connectivity index (χ4v) is 7.78. The molecule has 394 valence electrons. The third-order valence-corrected chi connectivity index (χ3v) is 12.1. The fourth-order valence-electron chi connectivity index (χ4n) is 7.78. The fraction of sp³-hybridized carbons (Fsp3) is 0.698. The molecule has 6 heteroatoms. The summed E-state index contributed by atoms with van der Waals surface area (Å²) in [4.78, 5) is 38.1. The summed E-state index contributed by atoms with van der Waals surface area (Å²) in [6, 6.07) is 0. The molecule has 1 atom stereocenters. The molecular weight excluding hydrogens is 853 g/mol. The molecule has 0 aliphatic heterocycles. The van der Waals surface area contributed by atoms with Gasteiger partial charge in [-0.15, -0.1) is 0 Å². The van der Waals surface area contributed by atoms with Gasteiger partial charge in [-0.1, -0.05) is 246 Å². The first kappa shape index (κ1) is 65.3. The number of hydrogen-bond donors (Lipinski definition) is 0. The van der Waals surface area contributed by atoms with Gasteiger partial charge in [0.05, 0.1) is 0 Å². The standard InChI is InChI=1S/C63H106O6/c1-4-7-10-13-16-19-22-25-27-28-29-30-31-32-33-34-36-38-41-44-47-50-53-56-62(65)68-59-60(58-67-61(64)55-52-49-46-43-40-37-24-21-18-15-12-9-6-3)69-63(66)57-54-51-48-45-42-39-35-26-23-20-17-14-11-8-5-2/h7,10,16,19,21,24-25,27,29-30,32-33,36,38,44,47,60H,4-6,8-9,11-15,17-18,20,22-23,26,28,31,34-35,37,39-43,45-46,48-59H2,1-3H3/b10-7-,19-16-,24-21-,27-25-,30-29-,33-32-,38-36-,47-44-. The first-order valence-electron chi connectivity index (χ1n) is 28.7. The van der Waals surface area contributed by atoms with E-state index in [9.17, 15) is 14.4 Å². The van der Waals surface area contributed by atoms with E-state index in [0.29, 0.717) is 19.3 Å². The van der Waals surface area contributed by atoms with E-state index in [-0.39, 0.29) is 37.5 Å². The summed E-state index contributed by atoms with van der Waals surface area (Å²) in [5, 5.41) is 0. The minimum absolute atomic E-state index is 0.0984. The van der Waals surface area contributed by atoms with Crippen molar-refractivity contribution in [3.8, 4) is 0 Å². The molecule has 0 aromatic carbocycles. The molecule has 0 aliphatic rings. The smallest absolute Gasteiger partial charge is 0.306 e. The second-order valence-electron chi connectivity index (χ2n) is 18.8. The minimum Gasteiger partial charge on any atom is -0.462 e. The SMILES string of the molecule is CC/C=C\C/C=C\C/C=C\C/C=C\C/C=C\C/C=C\C/C=C\CCCC(=O)OCC(COC(=O)CCCCCCC/C=C\CCCCCC)OC(=O)CCCCCCCCCCCCCCCCC. The molecule has 0 amide bonds. The number of allylic oxidation sites excluding steroid dienone is 16. The second kappa shape index (κ2) is 56.9. The Balaban J connectivity index is 4.46. The third kappa shape index (κ3) is 55.1. The lowest BCUT2D eigenvalue weighted by Crippen LogP contribution is -2.30. The molecule has 0 aromatic heterocycles. The molecule has 0 saturated carbocycles. The summed E-state index contributed by atoms with van der Waals surface area (Å²) in [5.74, 6) is -0.964. The summed E-state index contributed by atoms with van der Waals surface area (Å²) in [6.45, 7) is 6.46. The quantitative estimate of drug-likeness (QED) is 0.0262. The number of carbonyl (C=O) groups excluding carboxylic acids is 3. The molecule has 0 saturated heterocycles. The topological polar surface area (TPSA) is 78.9 Å². The lowest BCUT2D eigenvalue weighted by molar-refractivity contribution is -0.167. The molecule has 0 radical (unpaired) electrons. The van der Waals surface area contributed by atoms with Gasteiger partial charge in [-0.3, -0.25) is 14.4 Å². The van der Waals surface area contributed by atoms with Gasteiger partial charge in [0.15, 0.2) is 6.10 Å². The average Bonchev–Trinajstić information content (AvgIpc) is 3.35. The highest BCUT2D eigenvalue weighted by molar-refractivity contribution is 5.71. The predicted octanol–water partition coefficient (Wildman–Crippen LogP) is 19.3. The van der Waals surface area contributed by atoms with Crippen LogP contribution in [0.2, 0.25) is 0 Å². The van der Waals surface area contributed by atoms with Crippen molar-refractivity contribution in [2.75, 3.05) is 13.2 Å². The van der Waals surface area contributed by atoms with Crippen molar-refractivity contribution in [1.29, 1.82) is 0 Å². The Morgan fingerprint density at radius 2 is 0.580 bits per heavy atom. The molecule has 69 heavy (non-hydrogen) atoms. The number of hydrogen-bond acceptors (Lipinski definition) is 6. The van der Waals surface area contributed by atoms with Crippen LogP contribution in [0, 0.1) is 0 Å². The molecule has 6 nitrogen and oxygen atoms in total. The molecule has 0 N–H and O–H groups in total. The summed E-state index contributed by atoms with van der Waals surface area (Å²) < 4.78 is 16.8. The van der Waals surface area contributed by atoms with Crippen LogP contribution in [-0.4, -0.2) is 37.2 Å². The summed E-state index contributed by atoms with van der Waals surface area (Å²) in [6.07, 6.45) is 75.4. The maximum atomic E-state index is 12.8. The van der Waals surface area contributed by atoms with Crippen LogP contribution in [0.15, 0.2) is 97.2 Å². The van der Waals surface area contributed by atoms with E-state index in [1.165, 1.54) is 122 Å². The van der Waals surface area contributed by atoms with Crippen LogP contribution in [0.5, 0.6) is 0 Å². The molecular formula is C63H106O6. The van der Waals surface area contributed by atoms with E-state index in [0.717, 1.165) is 96.3 Å². The van der Waals surface area contributed by atoms with Crippen LogP contribution in [0.3, 0.4) is 0 Å². The van der Waals surface area contributed by atoms with Crippen LogP contribution in [0.1, 0.15) is 265 Å². The zero-order valence-corrected chi connectivity index (χ0v) is 45.0. The van der Waals surface area contributed by atoms with Gasteiger partial charge in [0.2, 0.25) is 0 Å². The van der Waals surface area contributed by atoms with Crippen LogP contribution in [0.4, 0.5) is 0 Å².